The van der Waals surface area contributed by atoms with Crippen molar-refractivity contribution in [2.45, 2.75) is 26.7 Å². The van der Waals surface area contributed by atoms with E-state index in [4.69, 9.17) is 0 Å². The van der Waals surface area contributed by atoms with Crippen LogP contribution in [0.3, 0.4) is 0 Å². The number of anilines is 1. The van der Waals surface area contributed by atoms with Gasteiger partial charge in [-0.15, -0.1) is 0 Å². The Hall–Kier alpha value is -2.10. The molecule has 1 aliphatic heterocycles. The van der Waals surface area contributed by atoms with Crippen molar-refractivity contribution in [1.29, 1.82) is 0 Å². The summed E-state index contributed by atoms with van der Waals surface area (Å²) in [5, 5.41) is 0. The largest absolute Gasteiger partial charge is 0.464 e. The Bertz CT molecular complexity index is 455. The van der Waals surface area contributed by atoms with Gasteiger partial charge in [0.25, 0.3) is 6.47 Å². The van der Waals surface area contributed by atoms with E-state index in [-0.39, 0.29) is 0 Å². The summed E-state index contributed by atoms with van der Waals surface area (Å²) in [6.45, 7) is 6.34. The Labute approximate surface area is 126 Å². The molecule has 0 bridgehead atoms. The predicted octanol–water partition coefficient (Wildman–Crippen LogP) is 3.07. The van der Waals surface area contributed by atoms with E-state index in [0.29, 0.717) is 31.7 Å². The average Bonchev–Trinajstić information content (AvgIpc) is 2.55. The van der Waals surface area contributed by atoms with Gasteiger partial charge in [-0.2, -0.15) is 0 Å². The van der Waals surface area contributed by atoms with Crippen molar-refractivity contribution in [2.24, 2.45) is 0 Å². The van der Waals surface area contributed by atoms with Crippen molar-refractivity contribution >= 4 is 24.0 Å². The van der Waals surface area contributed by atoms with Gasteiger partial charge >= 0.3 is 0 Å². The third kappa shape index (κ3) is 5.81. The molecule has 0 aromatic heterocycles. The molecule has 1 heterocycles. The monoisotopic (exact) mass is 289 g/mol. The first-order valence-electron chi connectivity index (χ1n) is 7.38. The third-order valence-corrected chi connectivity index (χ3v) is 3.15. The molecule has 1 aromatic carbocycles. The van der Waals surface area contributed by atoms with E-state index in [0.717, 1.165) is 24.3 Å². The smallest absolute Gasteiger partial charge is 0.293 e. The second-order valence-electron chi connectivity index (χ2n) is 4.45. The minimum atomic E-state index is 0.291. The summed E-state index contributed by atoms with van der Waals surface area (Å²) in [6, 6.07) is 8.14. The van der Waals surface area contributed by atoms with Gasteiger partial charge in [0.2, 0.25) is 0 Å². The van der Waals surface area contributed by atoms with Gasteiger partial charge < -0.3 is 9.64 Å². The number of carbonyl (C=O) groups is 2. The van der Waals surface area contributed by atoms with Crippen LogP contribution >= 0.6 is 0 Å². The first-order valence-corrected chi connectivity index (χ1v) is 7.38. The molecule has 0 aliphatic carbocycles. The molecule has 21 heavy (non-hydrogen) atoms. The predicted molar refractivity (Wildman–Crippen MR) is 85.3 cm³/mol. The zero-order valence-corrected chi connectivity index (χ0v) is 12.7. The number of hydrogen-bond acceptors (Lipinski definition) is 4. The van der Waals surface area contributed by atoms with Gasteiger partial charge in [-0.05, 0) is 23.8 Å². The summed E-state index contributed by atoms with van der Waals surface area (Å²) in [5.74, 6) is 0.353. The third-order valence-electron chi connectivity index (χ3n) is 3.15. The van der Waals surface area contributed by atoms with E-state index in [1.165, 1.54) is 0 Å². The number of nitrogens with zero attached hydrogens (tertiary/aromatic N) is 1. The lowest BCUT2D eigenvalue weighted by Crippen LogP contribution is -2.33. The molecule has 4 heteroatoms. The maximum atomic E-state index is 11.2. The molecule has 0 radical (unpaired) electrons. The molecule has 114 valence electrons. The van der Waals surface area contributed by atoms with Gasteiger partial charge in [0.05, 0.1) is 0 Å². The Morgan fingerprint density at radius 3 is 2.33 bits per heavy atom. The van der Waals surface area contributed by atoms with Crippen LogP contribution in [-0.2, 0) is 14.3 Å². The Morgan fingerprint density at radius 1 is 1.14 bits per heavy atom. The average molecular weight is 289 g/mol. The summed E-state index contributed by atoms with van der Waals surface area (Å²) in [6.07, 6.45) is 4.99. The molecule has 0 N–H and O–H groups in total. The molecule has 0 saturated carbocycles. The van der Waals surface area contributed by atoms with E-state index in [9.17, 15) is 9.59 Å². The fourth-order valence-corrected chi connectivity index (χ4v) is 2.09. The summed E-state index contributed by atoms with van der Waals surface area (Å²) < 4.78 is 4.58. The minimum Gasteiger partial charge on any atom is -0.464 e. The van der Waals surface area contributed by atoms with Crippen LogP contribution in [0.25, 0.3) is 6.08 Å². The maximum Gasteiger partial charge on any atom is 0.293 e. The van der Waals surface area contributed by atoms with Crippen molar-refractivity contribution in [2.75, 3.05) is 24.6 Å². The fraction of sp³-hybridized carbons (Fsp3) is 0.412. The quantitative estimate of drug-likeness (QED) is 0.617. The highest BCUT2D eigenvalue weighted by molar-refractivity contribution is 5.81. The van der Waals surface area contributed by atoms with Crippen LogP contribution in [0.15, 0.2) is 30.3 Å². The standard InChI is InChI=1S/C15H17NO3.C2H6/c17-12-19-11-1-2-13-3-5-14(6-4-13)16-9-7-15(18)8-10-16;1-2/h1-6,12H,7-11H2;1-2H3/b2-1+;. The van der Waals surface area contributed by atoms with Crippen molar-refractivity contribution in [3.8, 4) is 0 Å². The van der Waals surface area contributed by atoms with Gasteiger partial charge in [0.1, 0.15) is 12.4 Å². The molecule has 0 unspecified atom stereocenters. The molecule has 0 spiro atoms. The number of piperidine rings is 1. The van der Waals surface area contributed by atoms with Crippen molar-refractivity contribution in [3.05, 3.63) is 35.9 Å². The second-order valence-corrected chi connectivity index (χ2v) is 4.45. The lowest BCUT2D eigenvalue weighted by atomic mass is 10.1. The molecular weight excluding hydrogens is 266 g/mol. The molecule has 1 aromatic rings. The van der Waals surface area contributed by atoms with Gasteiger partial charge in [0.15, 0.2) is 0 Å². The Morgan fingerprint density at radius 2 is 1.76 bits per heavy atom. The normalized spacial score (nSPS) is 14.6. The van der Waals surface area contributed by atoms with E-state index in [1.54, 1.807) is 6.08 Å². The SMILES string of the molecule is CC.O=COC/C=C/c1ccc(N2CCC(=O)CC2)cc1. The number of carbonyl (C=O) groups excluding carboxylic acids is 2. The van der Waals surface area contributed by atoms with E-state index < -0.39 is 0 Å². The van der Waals surface area contributed by atoms with Crippen LogP contribution in [-0.4, -0.2) is 32.0 Å². The van der Waals surface area contributed by atoms with Crippen molar-refractivity contribution < 1.29 is 14.3 Å². The number of ether oxygens (including phenoxy) is 1. The van der Waals surface area contributed by atoms with Gasteiger partial charge in [0, 0.05) is 31.6 Å². The lowest BCUT2D eigenvalue weighted by Gasteiger charge is -2.28. The molecule has 0 atom stereocenters. The Balaban J connectivity index is 0.00000106. The first kappa shape index (κ1) is 17.0. The second kappa shape index (κ2) is 9.75. The van der Waals surface area contributed by atoms with Crippen LogP contribution in [0.2, 0.25) is 0 Å². The zero-order valence-electron chi connectivity index (χ0n) is 12.7. The summed E-state index contributed by atoms with van der Waals surface area (Å²) in [7, 11) is 0. The summed E-state index contributed by atoms with van der Waals surface area (Å²) in [5.41, 5.74) is 2.21. The topological polar surface area (TPSA) is 46.6 Å². The molecule has 1 fully saturated rings. The van der Waals surface area contributed by atoms with Crippen LogP contribution < -0.4 is 4.90 Å². The van der Waals surface area contributed by atoms with E-state index in [1.807, 2.05) is 32.1 Å². The number of rotatable bonds is 5. The minimum absolute atomic E-state index is 0.291. The van der Waals surface area contributed by atoms with E-state index >= 15 is 0 Å². The van der Waals surface area contributed by atoms with Gasteiger partial charge in [-0.3, -0.25) is 9.59 Å². The lowest BCUT2D eigenvalue weighted by molar-refractivity contribution is -0.127. The molecule has 4 nitrogen and oxygen atoms in total. The van der Waals surface area contributed by atoms with Crippen molar-refractivity contribution in [3.63, 3.8) is 0 Å². The van der Waals surface area contributed by atoms with Gasteiger partial charge in [-0.1, -0.05) is 32.1 Å². The maximum absolute atomic E-state index is 11.2. The number of ketones is 1. The molecule has 2 rings (SSSR count). The van der Waals surface area contributed by atoms with Crippen molar-refractivity contribution in [1.82, 2.24) is 0 Å². The fourth-order valence-electron chi connectivity index (χ4n) is 2.09. The molecule has 0 amide bonds. The summed E-state index contributed by atoms with van der Waals surface area (Å²) >= 11 is 0. The van der Waals surface area contributed by atoms with E-state index in [2.05, 4.69) is 21.8 Å². The number of hydrogen-bond donors (Lipinski definition) is 0. The van der Waals surface area contributed by atoms with Gasteiger partial charge in [-0.25, -0.2) is 0 Å². The molecular formula is C17H23NO3. The number of benzene rings is 1. The highest BCUT2D eigenvalue weighted by atomic mass is 16.5. The first-order chi connectivity index (χ1) is 10.3. The number of Topliss-reactive ketones (excluding diaryl/α,β-unsaturated/α-hetero) is 1. The molecule has 1 saturated heterocycles. The van der Waals surface area contributed by atoms with Crippen LogP contribution in [0.4, 0.5) is 5.69 Å². The van der Waals surface area contributed by atoms with Crippen LogP contribution in [0.5, 0.6) is 0 Å². The van der Waals surface area contributed by atoms with Crippen LogP contribution in [0, 0.1) is 0 Å². The molecule has 1 aliphatic rings. The zero-order chi connectivity index (χ0) is 15.5. The highest BCUT2D eigenvalue weighted by Crippen LogP contribution is 2.19. The summed E-state index contributed by atoms with van der Waals surface area (Å²) in [4.78, 5) is 23.4. The highest BCUT2D eigenvalue weighted by Gasteiger charge is 2.15. The Kier molecular flexibility index (Phi) is 7.87. The van der Waals surface area contributed by atoms with Crippen LogP contribution in [0.1, 0.15) is 32.3 Å².